The maximum Gasteiger partial charge on any atom is 0.573 e. The Hall–Kier alpha value is -3.35. The fraction of sp³-hybridized carbons (Fsp3) is 0.321. The van der Waals surface area contributed by atoms with Crippen molar-refractivity contribution in [1.82, 2.24) is 0 Å². The van der Waals surface area contributed by atoms with Crippen LogP contribution in [-0.2, 0) is 27.6 Å². The minimum atomic E-state index is -4.86. The zero-order chi connectivity index (χ0) is 26.0. The molecule has 0 bridgehead atoms. The lowest BCUT2D eigenvalue weighted by Gasteiger charge is -2.33. The molecule has 1 heterocycles. The van der Waals surface area contributed by atoms with E-state index in [4.69, 9.17) is 4.74 Å². The van der Waals surface area contributed by atoms with Gasteiger partial charge in [0.1, 0.15) is 5.75 Å². The van der Waals surface area contributed by atoms with Crippen molar-refractivity contribution in [3.63, 3.8) is 0 Å². The first-order valence-electron chi connectivity index (χ1n) is 12.1. The SMILES string of the molecule is O=S(=O)([N+]#CC1CCO[C@H](C2c3ccccc3CCc3ccccc32)C1)c1ccc(OC(F)(F)F)cc1. The van der Waals surface area contributed by atoms with Crippen LogP contribution in [0.15, 0.2) is 77.7 Å². The third-order valence-electron chi connectivity index (χ3n) is 6.84. The summed E-state index contributed by atoms with van der Waals surface area (Å²) in [7, 11) is -4.13. The van der Waals surface area contributed by atoms with Crippen LogP contribution in [0.2, 0.25) is 0 Å². The minimum absolute atomic E-state index is 0.0114. The van der Waals surface area contributed by atoms with Gasteiger partial charge in [0, 0.05) is 12.5 Å². The first-order chi connectivity index (χ1) is 17.7. The monoisotopic (exact) mass is 528 g/mol. The van der Waals surface area contributed by atoms with Crippen molar-refractivity contribution in [1.29, 1.82) is 0 Å². The second kappa shape index (κ2) is 10.2. The van der Waals surface area contributed by atoms with Crippen molar-refractivity contribution in [3.8, 4) is 11.8 Å². The van der Waals surface area contributed by atoms with Crippen LogP contribution in [0.5, 0.6) is 5.75 Å². The molecule has 1 aliphatic heterocycles. The number of nitrogens with zero attached hydrogens (tertiary/aromatic N) is 1. The van der Waals surface area contributed by atoms with E-state index < -0.39 is 22.1 Å². The van der Waals surface area contributed by atoms with E-state index >= 15 is 0 Å². The fourth-order valence-corrected chi connectivity index (χ4v) is 6.03. The molecule has 0 N–H and O–H groups in total. The number of aryl methyl sites for hydroxylation is 2. The first-order valence-corrected chi connectivity index (χ1v) is 13.5. The molecule has 1 unspecified atom stereocenters. The van der Waals surface area contributed by atoms with Gasteiger partial charge >= 0.3 is 22.5 Å². The van der Waals surface area contributed by atoms with Gasteiger partial charge in [-0.1, -0.05) is 48.5 Å². The average molecular weight is 529 g/mol. The molecule has 9 heteroatoms. The van der Waals surface area contributed by atoms with Crippen LogP contribution >= 0.6 is 0 Å². The molecule has 3 aromatic rings. The highest BCUT2D eigenvalue weighted by Crippen LogP contribution is 2.41. The molecule has 3 aromatic carbocycles. The first kappa shape index (κ1) is 25.3. The van der Waals surface area contributed by atoms with E-state index in [1.165, 1.54) is 22.3 Å². The summed E-state index contributed by atoms with van der Waals surface area (Å²) in [5.74, 6) is -0.739. The van der Waals surface area contributed by atoms with E-state index in [-0.39, 0.29) is 22.8 Å². The van der Waals surface area contributed by atoms with Crippen molar-refractivity contribution in [3.05, 3.63) is 99.3 Å². The topological polar surface area (TPSA) is 57.0 Å². The maximum atomic E-state index is 12.7. The second-order valence-corrected chi connectivity index (χ2v) is 10.8. The molecular formula is C28H25F3NO4S+. The van der Waals surface area contributed by atoms with Gasteiger partial charge in [-0.05, 0) is 72.2 Å². The quantitative estimate of drug-likeness (QED) is 0.399. The standard InChI is InChI=1S/C28H25F3NO4S/c29-28(30,31)36-22-11-13-23(14-12-22)37(33,34)32-18-19-15-16-35-26(17-19)27-24-7-3-1-5-20(24)9-10-21-6-2-4-8-25(21)27/h1-8,11-14,19,26-27H,9-10,15-17H2/q+1/t19?,26-/m0/s1. The molecule has 0 saturated carbocycles. The van der Waals surface area contributed by atoms with Crippen LogP contribution in [0.25, 0.3) is 4.25 Å². The summed E-state index contributed by atoms with van der Waals surface area (Å²) in [5.41, 5.74) is 5.02. The third kappa shape index (κ3) is 5.81. The Balaban J connectivity index is 1.38. The molecule has 1 fully saturated rings. The van der Waals surface area contributed by atoms with Crippen LogP contribution in [0, 0.1) is 12.0 Å². The molecule has 0 aromatic heterocycles. The molecule has 1 saturated heterocycles. The van der Waals surface area contributed by atoms with Crippen molar-refractivity contribution in [2.75, 3.05) is 6.61 Å². The van der Waals surface area contributed by atoms with Gasteiger partial charge in [-0.3, -0.25) is 0 Å². The normalized spacial score (nSPS) is 20.1. The summed E-state index contributed by atoms with van der Waals surface area (Å²) in [6, 6.07) is 23.5. The van der Waals surface area contributed by atoms with Crippen molar-refractivity contribution < 1.29 is 31.1 Å². The molecule has 0 radical (unpaired) electrons. The Kier molecular flexibility index (Phi) is 6.97. The smallest absolute Gasteiger partial charge is 0.406 e. The Bertz CT molecular complexity index is 1390. The number of sulfonamides is 1. The van der Waals surface area contributed by atoms with E-state index in [9.17, 15) is 21.6 Å². The van der Waals surface area contributed by atoms with Crippen molar-refractivity contribution in [2.45, 2.75) is 49.0 Å². The Morgan fingerprint density at radius 3 is 2.08 bits per heavy atom. The zero-order valence-corrected chi connectivity index (χ0v) is 20.6. The minimum Gasteiger partial charge on any atom is -0.406 e. The van der Waals surface area contributed by atoms with E-state index in [1.54, 1.807) is 0 Å². The van der Waals surface area contributed by atoms with Gasteiger partial charge in [0.15, 0.2) is 4.90 Å². The van der Waals surface area contributed by atoms with Crippen LogP contribution in [0.3, 0.4) is 0 Å². The van der Waals surface area contributed by atoms with Gasteiger partial charge in [-0.15, -0.1) is 21.6 Å². The lowest BCUT2D eigenvalue weighted by atomic mass is 9.79. The highest BCUT2D eigenvalue weighted by atomic mass is 32.2. The van der Waals surface area contributed by atoms with Crippen molar-refractivity contribution >= 4 is 10.0 Å². The molecule has 1 aliphatic carbocycles. The summed E-state index contributed by atoms with van der Waals surface area (Å²) in [6.07, 6.45) is -2.03. The molecule has 2 atom stereocenters. The summed E-state index contributed by atoms with van der Waals surface area (Å²) in [6.45, 7) is 0.447. The van der Waals surface area contributed by atoms with Gasteiger partial charge in [0.05, 0.1) is 16.3 Å². The Morgan fingerprint density at radius 1 is 0.892 bits per heavy atom. The molecule has 5 nitrogen and oxygen atoms in total. The maximum absolute atomic E-state index is 12.7. The highest BCUT2D eigenvalue weighted by molar-refractivity contribution is 7.93. The largest absolute Gasteiger partial charge is 0.573 e. The Morgan fingerprint density at radius 2 is 1.49 bits per heavy atom. The number of hydrogen-bond donors (Lipinski definition) is 0. The van der Waals surface area contributed by atoms with Gasteiger partial charge in [0.2, 0.25) is 0 Å². The van der Waals surface area contributed by atoms with Gasteiger partial charge in [-0.25, -0.2) is 0 Å². The van der Waals surface area contributed by atoms with Gasteiger partial charge in [0.25, 0.3) is 0 Å². The molecule has 37 heavy (non-hydrogen) atoms. The summed E-state index contributed by atoms with van der Waals surface area (Å²) < 4.78 is 76.3. The van der Waals surface area contributed by atoms with Crippen LogP contribution < -0.4 is 4.74 Å². The predicted molar refractivity (Wildman–Crippen MR) is 132 cm³/mol. The predicted octanol–water partition coefficient (Wildman–Crippen LogP) is 6.33. The van der Waals surface area contributed by atoms with Gasteiger partial charge < -0.3 is 9.47 Å². The molecule has 0 amide bonds. The summed E-state index contributed by atoms with van der Waals surface area (Å²) >= 11 is 0. The lowest BCUT2D eigenvalue weighted by molar-refractivity contribution is -0.274. The van der Waals surface area contributed by atoms with E-state index in [0.717, 1.165) is 37.1 Å². The number of ether oxygens (including phenoxy) is 2. The molecular weight excluding hydrogens is 503 g/mol. The number of hydrogen-bond acceptors (Lipinski definition) is 4. The van der Waals surface area contributed by atoms with E-state index in [0.29, 0.717) is 19.4 Å². The Labute approximate surface area is 213 Å². The van der Waals surface area contributed by atoms with Gasteiger partial charge in [-0.2, -0.15) is 0 Å². The van der Waals surface area contributed by atoms with Crippen molar-refractivity contribution in [2.24, 2.45) is 5.92 Å². The highest BCUT2D eigenvalue weighted by Gasteiger charge is 2.37. The summed E-state index contributed by atoms with van der Waals surface area (Å²) in [4.78, 5) is -0.232. The van der Waals surface area contributed by atoms with Crippen LogP contribution in [-0.4, -0.2) is 27.5 Å². The summed E-state index contributed by atoms with van der Waals surface area (Å²) in [5, 5.41) is 0. The number of fused-ring (bicyclic) bond motifs is 2. The number of alkyl halides is 3. The molecule has 5 rings (SSSR count). The number of rotatable bonds is 3. The van der Waals surface area contributed by atoms with Crippen LogP contribution in [0.1, 0.15) is 41.0 Å². The number of benzene rings is 3. The number of halogens is 3. The fourth-order valence-electron chi connectivity index (χ4n) is 5.16. The van der Waals surface area contributed by atoms with E-state index in [1.807, 2.05) is 24.3 Å². The van der Waals surface area contributed by atoms with Crippen LogP contribution in [0.4, 0.5) is 13.2 Å². The molecule has 192 valence electrons. The average Bonchev–Trinajstić information content (AvgIpc) is 3.04. The molecule has 2 aliphatic rings. The third-order valence-corrected chi connectivity index (χ3v) is 8.06. The van der Waals surface area contributed by atoms with E-state index in [2.05, 4.69) is 39.3 Å². The lowest BCUT2D eigenvalue weighted by Crippen LogP contribution is -2.31. The molecule has 0 spiro atoms. The second-order valence-electron chi connectivity index (χ2n) is 9.22. The zero-order valence-electron chi connectivity index (χ0n) is 19.8.